The molecule has 0 aliphatic carbocycles. The molecule has 0 fully saturated rings. The molecule has 0 radical (unpaired) electrons. The molecular weight excluding hydrogens is 238 g/mol. The standard InChI is InChI=1S/C12H18ClN3O/c1-9(2)14-12(17)8-16(3)7-10-5-4-6-11(13)15-10/h4-6,9H,7-8H2,1-3H3,(H,14,17). The van der Waals surface area contributed by atoms with Gasteiger partial charge in [-0.2, -0.15) is 0 Å². The van der Waals surface area contributed by atoms with Crippen LogP contribution in [0.3, 0.4) is 0 Å². The lowest BCUT2D eigenvalue weighted by molar-refractivity contribution is -0.122. The Labute approximate surface area is 107 Å². The molecule has 5 heteroatoms. The molecule has 0 saturated carbocycles. The number of pyridine rings is 1. The first kappa shape index (κ1) is 13.9. The Bertz CT molecular complexity index is 382. The summed E-state index contributed by atoms with van der Waals surface area (Å²) in [4.78, 5) is 17.6. The Morgan fingerprint density at radius 2 is 2.24 bits per heavy atom. The number of carbonyl (C=O) groups is 1. The maximum atomic E-state index is 11.5. The number of likely N-dealkylation sites (N-methyl/N-ethyl adjacent to an activating group) is 1. The van der Waals surface area contributed by atoms with E-state index < -0.39 is 0 Å². The van der Waals surface area contributed by atoms with E-state index in [0.29, 0.717) is 18.2 Å². The van der Waals surface area contributed by atoms with Crippen LogP contribution in [0.1, 0.15) is 19.5 Å². The molecular formula is C12H18ClN3O. The first-order valence-corrected chi connectivity index (χ1v) is 5.94. The Balaban J connectivity index is 2.44. The van der Waals surface area contributed by atoms with E-state index in [1.54, 1.807) is 6.07 Å². The van der Waals surface area contributed by atoms with Crippen molar-refractivity contribution in [3.8, 4) is 0 Å². The van der Waals surface area contributed by atoms with Crippen molar-refractivity contribution in [2.45, 2.75) is 26.4 Å². The fraction of sp³-hybridized carbons (Fsp3) is 0.500. The van der Waals surface area contributed by atoms with Crippen LogP contribution in [-0.2, 0) is 11.3 Å². The molecule has 1 rings (SSSR count). The second-order valence-electron chi connectivity index (χ2n) is 4.35. The number of nitrogens with one attached hydrogen (secondary N) is 1. The number of hydrogen-bond donors (Lipinski definition) is 1. The summed E-state index contributed by atoms with van der Waals surface area (Å²) in [6.45, 7) is 4.84. The molecule has 1 heterocycles. The average molecular weight is 256 g/mol. The van der Waals surface area contributed by atoms with Crippen molar-refractivity contribution in [1.29, 1.82) is 0 Å². The van der Waals surface area contributed by atoms with E-state index in [1.807, 2.05) is 37.9 Å². The van der Waals surface area contributed by atoms with E-state index >= 15 is 0 Å². The van der Waals surface area contributed by atoms with Gasteiger partial charge in [-0.1, -0.05) is 17.7 Å². The molecule has 0 unspecified atom stereocenters. The number of hydrogen-bond acceptors (Lipinski definition) is 3. The van der Waals surface area contributed by atoms with Crippen molar-refractivity contribution >= 4 is 17.5 Å². The predicted molar refractivity (Wildman–Crippen MR) is 68.9 cm³/mol. The quantitative estimate of drug-likeness (QED) is 0.815. The van der Waals surface area contributed by atoms with Gasteiger partial charge in [0.15, 0.2) is 0 Å². The topological polar surface area (TPSA) is 45.2 Å². The molecule has 1 aromatic rings. The second kappa shape index (κ2) is 6.57. The lowest BCUT2D eigenvalue weighted by atomic mass is 10.3. The third kappa shape index (κ3) is 5.65. The van der Waals surface area contributed by atoms with Crippen LogP contribution < -0.4 is 5.32 Å². The van der Waals surface area contributed by atoms with Gasteiger partial charge in [-0.15, -0.1) is 0 Å². The first-order valence-electron chi connectivity index (χ1n) is 5.56. The average Bonchev–Trinajstić information content (AvgIpc) is 2.14. The summed E-state index contributed by atoms with van der Waals surface area (Å²) in [7, 11) is 1.88. The van der Waals surface area contributed by atoms with Crippen LogP contribution >= 0.6 is 11.6 Å². The Kier molecular flexibility index (Phi) is 5.38. The summed E-state index contributed by atoms with van der Waals surface area (Å²) in [5.74, 6) is 0.0181. The molecule has 1 N–H and O–H groups in total. The van der Waals surface area contributed by atoms with Crippen LogP contribution in [0.5, 0.6) is 0 Å². The van der Waals surface area contributed by atoms with Gasteiger partial charge in [0, 0.05) is 12.6 Å². The Hall–Kier alpha value is -1.13. The van der Waals surface area contributed by atoms with Crippen molar-refractivity contribution in [3.63, 3.8) is 0 Å². The van der Waals surface area contributed by atoms with Crippen molar-refractivity contribution < 1.29 is 4.79 Å². The normalized spacial score (nSPS) is 10.9. The van der Waals surface area contributed by atoms with Crippen molar-refractivity contribution in [3.05, 3.63) is 29.0 Å². The van der Waals surface area contributed by atoms with Gasteiger partial charge in [0.25, 0.3) is 0 Å². The number of nitrogens with zero attached hydrogens (tertiary/aromatic N) is 2. The van der Waals surface area contributed by atoms with Crippen LogP contribution in [0.4, 0.5) is 0 Å². The van der Waals surface area contributed by atoms with E-state index in [4.69, 9.17) is 11.6 Å². The molecule has 94 valence electrons. The minimum atomic E-state index is 0.0181. The van der Waals surface area contributed by atoms with E-state index in [9.17, 15) is 4.79 Å². The summed E-state index contributed by atoms with van der Waals surface area (Å²) < 4.78 is 0. The summed E-state index contributed by atoms with van der Waals surface area (Å²) >= 11 is 5.79. The van der Waals surface area contributed by atoms with Crippen LogP contribution in [0.15, 0.2) is 18.2 Å². The lowest BCUT2D eigenvalue weighted by Crippen LogP contribution is -2.38. The van der Waals surface area contributed by atoms with Gasteiger partial charge in [-0.3, -0.25) is 9.69 Å². The Morgan fingerprint density at radius 1 is 1.53 bits per heavy atom. The number of rotatable bonds is 5. The highest BCUT2D eigenvalue weighted by molar-refractivity contribution is 6.29. The highest BCUT2D eigenvalue weighted by Crippen LogP contribution is 2.06. The zero-order valence-electron chi connectivity index (χ0n) is 10.4. The zero-order chi connectivity index (χ0) is 12.8. The Morgan fingerprint density at radius 3 is 2.82 bits per heavy atom. The fourth-order valence-electron chi connectivity index (χ4n) is 1.48. The van der Waals surface area contributed by atoms with E-state index in [-0.39, 0.29) is 11.9 Å². The third-order valence-corrected chi connectivity index (χ3v) is 2.28. The highest BCUT2D eigenvalue weighted by atomic mass is 35.5. The molecule has 0 aliphatic rings. The van der Waals surface area contributed by atoms with Crippen molar-refractivity contribution in [1.82, 2.24) is 15.2 Å². The van der Waals surface area contributed by atoms with Crippen LogP contribution in [-0.4, -0.2) is 35.4 Å². The zero-order valence-corrected chi connectivity index (χ0v) is 11.2. The van der Waals surface area contributed by atoms with Gasteiger partial charge in [-0.05, 0) is 33.0 Å². The summed E-state index contributed by atoms with van der Waals surface area (Å²) in [5.41, 5.74) is 0.859. The highest BCUT2D eigenvalue weighted by Gasteiger charge is 2.08. The number of amides is 1. The summed E-state index contributed by atoms with van der Waals surface area (Å²) in [6, 6.07) is 5.64. The second-order valence-corrected chi connectivity index (χ2v) is 4.73. The van der Waals surface area contributed by atoms with Gasteiger partial charge in [0.05, 0.1) is 12.2 Å². The molecule has 4 nitrogen and oxygen atoms in total. The van der Waals surface area contributed by atoms with Crippen LogP contribution in [0, 0.1) is 0 Å². The third-order valence-electron chi connectivity index (χ3n) is 2.07. The molecule has 0 saturated heterocycles. The smallest absolute Gasteiger partial charge is 0.234 e. The summed E-state index contributed by atoms with van der Waals surface area (Å²) in [6.07, 6.45) is 0. The van der Waals surface area contributed by atoms with Gasteiger partial charge in [0.2, 0.25) is 5.91 Å². The summed E-state index contributed by atoms with van der Waals surface area (Å²) in [5, 5.41) is 3.32. The molecule has 0 bridgehead atoms. The maximum absolute atomic E-state index is 11.5. The minimum absolute atomic E-state index is 0.0181. The largest absolute Gasteiger partial charge is 0.353 e. The molecule has 17 heavy (non-hydrogen) atoms. The fourth-order valence-corrected chi connectivity index (χ4v) is 1.66. The van der Waals surface area contributed by atoms with Crippen LogP contribution in [0.25, 0.3) is 0 Å². The van der Waals surface area contributed by atoms with Crippen molar-refractivity contribution in [2.24, 2.45) is 0 Å². The number of carbonyl (C=O) groups excluding carboxylic acids is 1. The lowest BCUT2D eigenvalue weighted by Gasteiger charge is -2.17. The maximum Gasteiger partial charge on any atom is 0.234 e. The number of aromatic nitrogens is 1. The van der Waals surface area contributed by atoms with Gasteiger partial charge >= 0.3 is 0 Å². The van der Waals surface area contributed by atoms with Crippen molar-refractivity contribution in [2.75, 3.05) is 13.6 Å². The van der Waals surface area contributed by atoms with E-state index in [0.717, 1.165) is 5.69 Å². The molecule has 0 aromatic carbocycles. The van der Waals surface area contributed by atoms with Gasteiger partial charge in [0.1, 0.15) is 5.15 Å². The molecule has 0 spiro atoms. The van der Waals surface area contributed by atoms with E-state index in [1.165, 1.54) is 0 Å². The minimum Gasteiger partial charge on any atom is -0.353 e. The molecule has 1 amide bonds. The van der Waals surface area contributed by atoms with Gasteiger partial charge in [-0.25, -0.2) is 4.98 Å². The van der Waals surface area contributed by atoms with Crippen LogP contribution in [0.2, 0.25) is 5.15 Å². The molecule has 1 aromatic heterocycles. The SMILES string of the molecule is CC(C)NC(=O)CN(C)Cc1cccc(Cl)n1. The number of halogens is 1. The van der Waals surface area contributed by atoms with E-state index in [2.05, 4.69) is 10.3 Å². The molecule has 0 atom stereocenters. The monoisotopic (exact) mass is 255 g/mol. The van der Waals surface area contributed by atoms with Gasteiger partial charge < -0.3 is 5.32 Å². The first-order chi connectivity index (χ1) is 7.97. The molecule has 0 aliphatic heterocycles. The predicted octanol–water partition coefficient (Wildman–Crippen LogP) is 1.69.